The van der Waals surface area contributed by atoms with Gasteiger partial charge in [0.1, 0.15) is 11.5 Å². The summed E-state index contributed by atoms with van der Waals surface area (Å²) < 4.78 is 13.5. The predicted octanol–water partition coefficient (Wildman–Crippen LogP) is 5.85. The molecule has 0 unspecified atom stereocenters. The molecule has 1 atom stereocenters. The van der Waals surface area contributed by atoms with Crippen molar-refractivity contribution in [3.05, 3.63) is 95.7 Å². The van der Waals surface area contributed by atoms with Crippen molar-refractivity contribution in [1.82, 2.24) is 9.47 Å². The number of carbonyl (C=O) groups is 1. The number of fused-ring (bicyclic) bond motifs is 1. The maximum absolute atomic E-state index is 13.4. The average molecular weight is 469 g/mol. The van der Waals surface area contributed by atoms with E-state index >= 15 is 0 Å². The quantitative estimate of drug-likeness (QED) is 0.326. The van der Waals surface area contributed by atoms with Crippen molar-refractivity contribution in [2.75, 3.05) is 27.3 Å². The molecule has 1 aliphatic heterocycles. The van der Waals surface area contributed by atoms with Crippen LogP contribution in [-0.4, -0.2) is 42.7 Å². The van der Waals surface area contributed by atoms with E-state index in [9.17, 15) is 4.79 Å². The monoisotopic (exact) mass is 468 g/mol. The third-order valence-electron chi connectivity index (χ3n) is 7.00. The minimum Gasteiger partial charge on any atom is -0.497 e. The van der Waals surface area contributed by atoms with E-state index in [2.05, 4.69) is 59.3 Å². The summed E-state index contributed by atoms with van der Waals surface area (Å²) in [6, 6.07) is 24.9. The maximum atomic E-state index is 13.4. The van der Waals surface area contributed by atoms with Crippen LogP contribution >= 0.6 is 0 Å². The van der Waals surface area contributed by atoms with Crippen LogP contribution in [0, 0.1) is 0 Å². The Bertz CT molecular complexity index is 1280. The molecule has 5 rings (SSSR count). The Balaban J connectivity index is 1.62. The second kappa shape index (κ2) is 10.3. The normalized spacial score (nSPS) is 14.3. The van der Waals surface area contributed by atoms with E-state index in [1.165, 1.54) is 16.5 Å². The van der Waals surface area contributed by atoms with Crippen LogP contribution < -0.4 is 9.47 Å². The number of benzene rings is 3. The highest BCUT2D eigenvalue weighted by molar-refractivity contribution is 5.87. The fraction of sp³-hybridized carbons (Fsp3) is 0.300. The van der Waals surface area contributed by atoms with E-state index in [0.29, 0.717) is 6.42 Å². The molecular formula is C30H32N2O3. The molecule has 1 aliphatic rings. The number of amides is 1. The molecule has 0 bridgehead atoms. The topological polar surface area (TPSA) is 43.7 Å². The van der Waals surface area contributed by atoms with Crippen molar-refractivity contribution in [3.63, 3.8) is 0 Å². The highest BCUT2D eigenvalue weighted by Crippen LogP contribution is 2.38. The number of aromatic nitrogens is 1. The number of likely N-dealkylation sites (tertiary alicyclic amines) is 1. The lowest BCUT2D eigenvalue weighted by molar-refractivity contribution is -0.130. The first kappa shape index (κ1) is 23.0. The van der Waals surface area contributed by atoms with Gasteiger partial charge in [-0.1, -0.05) is 48.5 Å². The lowest BCUT2D eigenvalue weighted by atomic mass is 9.87. The first-order valence-electron chi connectivity index (χ1n) is 12.3. The summed E-state index contributed by atoms with van der Waals surface area (Å²) in [5.74, 6) is 1.54. The van der Waals surface area contributed by atoms with Crippen molar-refractivity contribution in [2.24, 2.45) is 0 Å². The van der Waals surface area contributed by atoms with Gasteiger partial charge in [0.15, 0.2) is 0 Å². The fourth-order valence-electron chi connectivity index (χ4n) is 5.17. The standard InChI is InChI=1S/C30H32N2O3/c1-34-24-16-23(17-25(18-24)35-2)27(19-30(33)31-14-8-9-15-31)28-21-32(20-22-10-4-3-5-11-22)29-13-7-6-12-26(28)29/h3-7,10-13,16-18,21,27H,8-9,14-15,19-20H2,1-2H3/t27-/m1/s1. The molecule has 1 aromatic heterocycles. The van der Waals surface area contributed by atoms with Crippen LogP contribution in [0.1, 0.15) is 41.9 Å². The maximum Gasteiger partial charge on any atom is 0.223 e. The summed E-state index contributed by atoms with van der Waals surface area (Å²) in [6.45, 7) is 2.47. The third kappa shape index (κ3) is 4.90. The molecule has 1 fully saturated rings. The molecule has 180 valence electrons. The van der Waals surface area contributed by atoms with Crippen molar-refractivity contribution in [1.29, 1.82) is 0 Å². The number of carbonyl (C=O) groups excluding carboxylic acids is 1. The second-order valence-electron chi connectivity index (χ2n) is 9.21. The lowest BCUT2D eigenvalue weighted by Crippen LogP contribution is -2.29. The minimum atomic E-state index is -0.117. The Kier molecular flexibility index (Phi) is 6.75. The molecule has 5 heteroatoms. The third-order valence-corrected chi connectivity index (χ3v) is 7.00. The predicted molar refractivity (Wildman–Crippen MR) is 139 cm³/mol. The molecule has 4 aromatic rings. The summed E-state index contributed by atoms with van der Waals surface area (Å²) in [5, 5.41) is 1.17. The SMILES string of the molecule is COc1cc(OC)cc([C@@H](CC(=O)N2CCCC2)c2cn(Cc3ccccc3)c3ccccc23)c1. The first-order valence-corrected chi connectivity index (χ1v) is 12.3. The van der Waals surface area contributed by atoms with Crippen LogP contribution in [0.3, 0.4) is 0 Å². The highest BCUT2D eigenvalue weighted by atomic mass is 16.5. The van der Waals surface area contributed by atoms with Gasteiger partial charge >= 0.3 is 0 Å². The summed E-state index contributed by atoms with van der Waals surface area (Å²) in [6.07, 6.45) is 4.81. The van der Waals surface area contributed by atoms with E-state index < -0.39 is 0 Å². The van der Waals surface area contributed by atoms with Gasteiger partial charge in [-0.3, -0.25) is 4.79 Å². The molecule has 2 heterocycles. The van der Waals surface area contributed by atoms with Gasteiger partial charge in [-0.2, -0.15) is 0 Å². The van der Waals surface area contributed by atoms with Crippen LogP contribution in [0.5, 0.6) is 11.5 Å². The molecule has 0 N–H and O–H groups in total. The lowest BCUT2D eigenvalue weighted by Gasteiger charge is -2.22. The molecule has 1 amide bonds. The molecule has 3 aromatic carbocycles. The van der Waals surface area contributed by atoms with Gasteiger partial charge in [-0.25, -0.2) is 0 Å². The van der Waals surface area contributed by atoms with E-state index in [1.807, 2.05) is 29.2 Å². The van der Waals surface area contributed by atoms with E-state index in [1.54, 1.807) is 14.2 Å². The molecule has 0 spiro atoms. The van der Waals surface area contributed by atoms with Crippen molar-refractivity contribution >= 4 is 16.8 Å². The Morgan fingerprint density at radius 3 is 2.23 bits per heavy atom. The zero-order chi connectivity index (χ0) is 24.2. The van der Waals surface area contributed by atoms with Gasteiger partial charge in [-0.15, -0.1) is 0 Å². The Morgan fingerprint density at radius 2 is 1.54 bits per heavy atom. The molecule has 0 radical (unpaired) electrons. The summed E-state index contributed by atoms with van der Waals surface area (Å²) >= 11 is 0. The van der Waals surface area contributed by atoms with E-state index in [-0.39, 0.29) is 11.8 Å². The largest absolute Gasteiger partial charge is 0.497 e. The molecular weight excluding hydrogens is 436 g/mol. The molecule has 5 nitrogen and oxygen atoms in total. The molecule has 1 saturated heterocycles. The minimum absolute atomic E-state index is 0.117. The number of hydrogen-bond donors (Lipinski definition) is 0. The first-order chi connectivity index (χ1) is 17.2. The van der Waals surface area contributed by atoms with Crippen molar-refractivity contribution in [3.8, 4) is 11.5 Å². The highest BCUT2D eigenvalue weighted by Gasteiger charge is 2.27. The van der Waals surface area contributed by atoms with Crippen LogP contribution in [0.2, 0.25) is 0 Å². The van der Waals surface area contributed by atoms with Crippen LogP contribution in [-0.2, 0) is 11.3 Å². The van der Waals surface area contributed by atoms with Crippen molar-refractivity contribution < 1.29 is 14.3 Å². The van der Waals surface area contributed by atoms with E-state index in [4.69, 9.17) is 9.47 Å². The Labute approximate surface area is 206 Å². The van der Waals surface area contributed by atoms with Gasteiger partial charge in [0, 0.05) is 55.1 Å². The summed E-state index contributed by atoms with van der Waals surface area (Å²) in [4.78, 5) is 15.4. The second-order valence-corrected chi connectivity index (χ2v) is 9.21. The van der Waals surface area contributed by atoms with Gasteiger partial charge in [-0.05, 0) is 47.7 Å². The Hall–Kier alpha value is -3.73. The average Bonchev–Trinajstić information content (AvgIpc) is 3.57. The van der Waals surface area contributed by atoms with Gasteiger partial charge in [0.2, 0.25) is 5.91 Å². The summed E-state index contributed by atoms with van der Waals surface area (Å²) in [5.41, 5.74) is 4.59. The molecule has 0 saturated carbocycles. The zero-order valence-corrected chi connectivity index (χ0v) is 20.4. The van der Waals surface area contributed by atoms with Gasteiger partial charge < -0.3 is 18.9 Å². The van der Waals surface area contributed by atoms with Crippen LogP contribution in [0.15, 0.2) is 79.0 Å². The zero-order valence-electron chi connectivity index (χ0n) is 20.4. The Morgan fingerprint density at radius 1 is 0.886 bits per heavy atom. The fourth-order valence-corrected chi connectivity index (χ4v) is 5.17. The number of nitrogens with zero attached hydrogens (tertiary/aromatic N) is 2. The number of methoxy groups -OCH3 is 2. The van der Waals surface area contributed by atoms with Crippen molar-refractivity contribution in [2.45, 2.75) is 31.7 Å². The van der Waals surface area contributed by atoms with Crippen LogP contribution in [0.25, 0.3) is 10.9 Å². The number of para-hydroxylation sites is 1. The van der Waals surface area contributed by atoms with Crippen LogP contribution in [0.4, 0.5) is 0 Å². The number of hydrogen-bond acceptors (Lipinski definition) is 3. The van der Waals surface area contributed by atoms with Gasteiger partial charge in [0.05, 0.1) is 14.2 Å². The van der Waals surface area contributed by atoms with Gasteiger partial charge in [0.25, 0.3) is 0 Å². The number of ether oxygens (including phenoxy) is 2. The molecule has 0 aliphatic carbocycles. The molecule has 35 heavy (non-hydrogen) atoms. The number of rotatable bonds is 8. The van der Waals surface area contributed by atoms with E-state index in [0.717, 1.165) is 55.1 Å². The summed E-state index contributed by atoms with van der Waals surface area (Å²) in [7, 11) is 3.32. The smallest absolute Gasteiger partial charge is 0.223 e.